The fourth-order valence-corrected chi connectivity index (χ4v) is 1.03. The van der Waals surface area contributed by atoms with Crippen LogP contribution in [0.1, 0.15) is 23.4 Å². The molecule has 0 spiro atoms. The van der Waals surface area contributed by atoms with E-state index in [1.165, 1.54) is 11.9 Å². The molecule has 1 aromatic rings. The molecule has 0 N–H and O–H groups in total. The lowest BCUT2D eigenvalue weighted by atomic mass is 10.4. The van der Waals surface area contributed by atoms with E-state index in [2.05, 4.69) is 14.7 Å². The van der Waals surface area contributed by atoms with Crippen molar-refractivity contribution in [2.24, 2.45) is 0 Å². The topological polar surface area (TPSA) is 85.5 Å². The average molecular weight is 227 g/mol. The predicted molar refractivity (Wildman–Crippen MR) is 52.6 cm³/mol. The lowest BCUT2D eigenvalue weighted by molar-refractivity contribution is -0.143. The van der Waals surface area contributed by atoms with Crippen LogP contribution < -0.4 is 0 Å². The Morgan fingerprint density at radius 1 is 1.50 bits per heavy atom. The van der Waals surface area contributed by atoms with E-state index < -0.39 is 11.9 Å². The predicted octanol–water partition coefficient (Wildman–Crippen LogP) is 0.0131. The Balaban J connectivity index is 2.57. The van der Waals surface area contributed by atoms with Gasteiger partial charge in [0, 0.05) is 14.0 Å². The zero-order valence-corrected chi connectivity index (χ0v) is 9.39. The molecule has 7 heteroatoms. The van der Waals surface area contributed by atoms with Gasteiger partial charge in [-0.2, -0.15) is 4.98 Å². The van der Waals surface area contributed by atoms with E-state index in [9.17, 15) is 9.59 Å². The average Bonchev–Trinajstić information content (AvgIpc) is 2.64. The second-order valence-electron chi connectivity index (χ2n) is 3.10. The quantitative estimate of drug-likeness (QED) is 0.674. The number of aryl methyl sites for hydroxylation is 1. The molecule has 0 aliphatic rings. The van der Waals surface area contributed by atoms with E-state index in [1.807, 2.05) is 0 Å². The number of hydrogen-bond acceptors (Lipinski definition) is 6. The third kappa shape index (κ3) is 3.04. The van der Waals surface area contributed by atoms with Crippen molar-refractivity contribution >= 4 is 11.9 Å². The summed E-state index contributed by atoms with van der Waals surface area (Å²) in [6.07, 6.45) is 0. The number of rotatable bonds is 4. The zero-order chi connectivity index (χ0) is 12.1. The smallest absolute Gasteiger partial charge is 0.325 e. The first-order valence-corrected chi connectivity index (χ1v) is 4.76. The van der Waals surface area contributed by atoms with Crippen LogP contribution in [0.15, 0.2) is 4.52 Å². The van der Waals surface area contributed by atoms with Gasteiger partial charge in [0.15, 0.2) is 0 Å². The van der Waals surface area contributed by atoms with Crippen molar-refractivity contribution in [2.75, 3.05) is 20.2 Å². The van der Waals surface area contributed by atoms with Crippen molar-refractivity contribution in [3.05, 3.63) is 11.7 Å². The van der Waals surface area contributed by atoms with Crippen molar-refractivity contribution in [1.82, 2.24) is 15.0 Å². The highest BCUT2D eigenvalue weighted by Gasteiger charge is 2.20. The van der Waals surface area contributed by atoms with E-state index in [1.54, 1.807) is 13.8 Å². The molecule has 0 radical (unpaired) electrons. The Bertz CT molecular complexity index is 388. The Kier molecular flexibility index (Phi) is 3.98. The van der Waals surface area contributed by atoms with Crippen molar-refractivity contribution < 1.29 is 18.8 Å². The minimum Gasteiger partial charge on any atom is -0.465 e. The summed E-state index contributed by atoms with van der Waals surface area (Å²) in [5, 5.41) is 3.46. The molecule has 0 atom stereocenters. The van der Waals surface area contributed by atoms with Crippen molar-refractivity contribution in [2.45, 2.75) is 13.8 Å². The Morgan fingerprint density at radius 3 is 2.69 bits per heavy atom. The fourth-order valence-electron chi connectivity index (χ4n) is 1.03. The highest BCUT2D eigenvalue weighted by atomic mass is 16.5. The minimum absolute atomic E-state index is 0.0655. The molecule has 88 valence electrons. The highest BCUT2D eigenvalue weighted by molar-refractivity contribution is 5.92. The first kappa shape index (κ1) is 12.2. The molecule has 0 aliphatic heterocycles. The van der Waals surface area contributed by atoms with E-state index in [0.717, 1.165) is 0 Å². The number of aromatic nitrogens is 2. The first-order chi connectivity index (χ1) is 7.54. The van der Waals surface area contributed by atoms with Gasteiger partial charge in [-0.25, -0.2) is 0 Å². The number of nitrogens with zero attached hydrogens (tertiary/aromatic N) is 3. The fraction of sp³-hybridized carbons (Fsp3) is 0.556. The summed E-state index contributed by atoms with van der Waals surface area (Å²) in [4.78, 5) is 27.7. The van der Waals surface area contributed by atoms with Gasteiger partial charge in [0.05, 0.1) is 6.61 Å². The van der Waals surface area contributed by atoms with E-state index >= 15 is 0 Å². The molecule has 1 rings (SSSR count). The van der Waals surface area contributed by atoms with Crippen LogP contribution in [-0.2, 0) is 9.53 Å². The minimum atomic E-state index is -0.482. The highest BCUT2D eigenvalue weighted by Crippen LogP contribution is 1.99. The molecule has 0 unspecified atom stereocenters. The maximum Gasteiger partial charge on any atom is 0.325 e. The molecular weight excluding hydrogens is 214 g/mol. The lowest BCUT2D eigenvalue weighted by Crippen LogP contribution is -2.33. The third-order valence-corrected chi connectivity index (χ3v) is 1.74. The largest absolute Gasteiger partial charge is 0.465 e. The Morgan fingerprint density at radius 2 is 2.19 bits per heavy atom. The lowest BCUT2D eigenvalue weighted by Gasteiger charge is -2.13. The molecule has 16 heavy (non-hydrogen) atoms. The van der Waals surface area contributed by atoms with E-state index in [4.69, 9.17) is 4.74 Å². The van der Waals surface area contributed by atoms with E-state index in [0.29, 0.717) is 5.89 Å². The summed E-state index contributed by atoms with van der Waals surface area (Å²) in [5.41, 5.74) is 0. The van der Waals surface area contributed by atoms with Gasteiger partial charge < -0.3 is 14.2 Å². The van der Waals surface area contributed by atoms with Crippen molar-refractivity contribution in [1.29, 1.82) is 0 Å². The molecule has 0 aliphatic carbocycles. The molecule has 0 saturated heterocycles. The van der Waals surface area contributed by atoms with Crippen LogP contribution in [0.5, 0.6) is 0 Å². The second kappa shape index (κ2) is 5.24. The number of esters is 1. The normalized spacial score (nSPS) is 9.94. The molecule has 0 saturated carbocycles. The second-order valence-corrected chi connectivity index (χ2v) is 3.10. The van der Waals surface area contributed by atoms with Gasteiger partial charge in [0.1, 0.15) is 6.54 Å². The molecule has 1 heterocycles. The van der Waals surface area contributed by atoms with Gasteiger partial charge in [0.2, 0.25) is 5.89 Å². The van der Waals surface area contributed by atoms with Crippen LogP contribution in [0, 0.1) is 6.92 Å². The van der Waals surface area contributed by atoms with Gasteiger partial charge in [0.25, 0.3) is 11.7 Å². The Labute approximate surface area is 92.4 Å². The SMILES string of the molecule is CCOC(=O)CN(C)C(=O)c1noc(C)n1. The van der Waals surface area contributed by atoms with Gasteiger partial charge in [-0.15, -0.1) is 0 Å². The third-order valence-electron chi connectivity index (χ3n) is 1.74. The summed E-state index contributed by atoms with van der Waals surface area (Å²) in [6, 6.07) is 0. The van der Waals surface area contributed by atoms with Crippen LogP contribution >= 0.6 is 0 Å². The summed E-state index contributed by atoms with van der Waals surface area (Å²) in [6.45, 7) is 3.42. The number of carbonyl (C=O) groups excluding carboxylic acids is 2. The monoisotopic (exact) mass is 227 g/mol. The van der Waals surface area contributed by atoms with Crippen LogP contribution in [0.4, 0.5) is 0 Å². The van der Waals surface area contributed by atoms with Crippen LogP contribution in [0.3, 0.4) is 0 Å². The number of carbonyl (C=O) groups is 2. The van der Waals surface area contributed by atoms with Gasteiger partial charge in [-0.3, -0.25) is 9.59 Å². The van der Waals surface area contributed by atoms with Crippen LogP contribution in [0.2, 0.25) is 0 Å². The van der Waals surface area contributed by atoms with Gasteiger partial charge in [-0.1, -0.05) is 5.16 Å². The summed E-state index contributed by atoms with van der Waals surface area (Å²) in [7, 11) is 1.46. The van der Waals surface area contributed by atoms with Crippen molar-refractivity contribution in [3.8, 4) is 0 Å². The first-order valence-electron chi connectivity index (χ1n) is 4.76. The number of likely N-dealkylation sites (N-methyl/N-ethyl adjacent to an activating group) is 1. The van der Waals surface area contributed by atoms with Crippen molar-refractivity contribution in [3.63, 3.8) is 0 Å². The summed E-state index contributed by atoms with van der Waals surface area (Å²) < 4.78 is 9.37. The number of hydrogen-bond donors (Lipinski definition) is 0. The summed E-state index contributed by atoms with van der Waals surface area (Å²) in [5.74, 6) is -0.722. The molecule has 1 amide bonds. The van der Waals surface area contributed by atoms with Crippen LogP contribution in [-0.4, -0.2) is 47.1 Å². The molecule has 0 bridgehead atoms. The molecule has 7 nitrogen and oxygen atoms in total. The van der Waals surface area contributed by atoms with E-state index in [-0.39, 0.29) is 19.0 Å². The van der Waals surface area contributed by atoms with Gasteiger partial charge in [-0.05, 0) is 6.92 Å². The zero-order valence-electron chi connectivity index (χ0n) is 9.39. The summed E-state index contributed by atoms with van der Waals surface area (Å²) >= 11 is 0. The van der Waals surface area contributed by atoms with Crippen LogP contribution in [0.25, 0.3) is 0 Å². The maximum atomic E-state index is 11.6. The molecule has 1 aromatic heterocycles. The standard InChI is InChI=1S/C9H13N3O4/c1-4-15-7(13)5-12(3)9(14)8-10-6(2)16-11-8/h4-5H2,1-3H3. The van der Waals surface area contributed by atoms with Gasteiger partial charge >= 0.3 is 5.97 Å². The number of ether oxygens (including phenoxy) is 1. The molecule has 0 aromatic carbocycles. The molecular formula is C9H13N3O4. The maximum absolute atomic E-state index is 11.6. The number of amides is 1. The Hall–Kier alpha value is -1.92. The molecule has 0 fully saturated rings.